The van der Waals surface area contributed by atoms with Gasteiger partial charge in [0.15, 0.2) is 0 Å². The number of thiazole rings is 1. The van der Waals surface area contributed by atoms with Crippen LogP contribution in [0.1, 0.15) is 96.7 Å². The fourth-order valence-electron chi connectivity index (χ4n) is 4.83. The van der Waals surface area contributed by atoms with Gasteiger partial charge in [-0.1, -0.05) is 52.2 Å². The van der Waals surface area contributed by atoms with Gasteiger partial charge in [0.05, 0.1) is 40.8 Å². The van der Waals surface area contributed by atoms with Crippen LogP contribution < -0.4 is 5.32 Å². The number of carbonyl (C=O) groups excluding carboxylic acids is 2. The summed E-state index contributed by atoms with van der Waals surface area (Å²) in [5.74, 6) is -1.97. The third kappa shape index (κ3) is 9.11. The Morgan fingerprint density at radius 1 is 1.30 bits per heavy atom. The van der Waals surface area contributed by atoms with Crippen LogP contribution in [0.25, 0.3) is 6.08 Å². The normalized spacial score (nSPS) is 30.5. The molecule has 1 aromatic rings. The number of aliphatic hydroxyl groups is 2. The van der Waals surface area contributed by atoms with Crippen molar-refractivity contribution in [2.45, 2.75) is 111 Å². The molecule has 6 nitrogen and oxygen atoms in total. The van der Waals surface area contributed by atoms with Gasteiger partial charge in [-0.3, -0.25) is 9.59 Å². The number of nitrogens with one attached hydrogen (secondary N) is 1. The molecule has 37 heavy (non-hydrogen) atoms. The molecule has 0 bridgehead atoms. The summed E-state index contributed by atoms with van der Waals surface area (Å²) in [5, 5.41) is 27.4. The maximum absolute atomic E-state index is 15.3. The second kappa shape index (κ2) is 14.3. The molecule has 5 atom stereocenters. The molecule has 3 N–H and O–H groups in total. The Labute approximate surface area is 225 Å². The molecule has 0 fully saturated rings. The Morgan fingerprint density at radius 3 is 2.62 bits per heavy atom. The van der Waals surface area contributed by atoms with Crippen LogP contribution in [-0.4, -0.2) is 45.1 Å². The van der Waals surface area contributed by atoms with E-state index in [1.807, 2.05) is 33.8 Å². The number of ketones is 1. The summed E-state index contributed by atoms with van der Waals surface area (Å²) in [6, 6.07) is -0.901. The molecule has 2 heterocycles. The standard InChI is InChI=1S/C29H45FN2O4S/c1-7-8-12-22-27(35)19(3)11-9-10-18(2)13-14-24(23(30)15-21-17-37-20(4)31-21)32-26(34)16-25(33)29(5,6)28(22)36/h13,15,17,19,22,24-25,27,33,35H,7-12,14,16H2,1-6H3,(H,32,34)/b18-13-,23-15-/t19-,22+,24-,25-,27-/m0/s1. The number of carbonyl (C=O) groups is 2. The lowest BCUT2D eigenvalue weighted by Gasteiger charge is -2.36. The molecule has 0 spiro atoms. The number of aryl methyl sites for hydroxylation is 1. The van der Waals surface area contributed by atoms with Crippen LogP contribution in [0, 0.1) is 24.2 Å². The summed E-state index contributed by atoms with van der Waals surface area (Å²) in [6.07, 6.45) is 5.69. The van der Waals surface area contributed by atoms with Crippen LogP contribution in [0.2, 0.25) is 0 Å². The zero-order valence-electron chi connectivity index (χ0n) is 23.2. The first kappa shape index (κ1) is 31.3. The molecule has 0 saturated heterocycles. The molecule has 1 aliphatic heterocycles. The number of hydrogen-bond acceptors (Lipinski definition) is 6. The molecule has 0 aromatic carbocycles. The van der Waals surface area contributed by atoms with Crippen LogP contribution in [0.3, 0.4) is 0 Å². The minimum absolute atomic E-state index is 0.0857. The summed E-state index contributed by atoms with van der Waals surface area (Å²) in [5.41, 5.74) is 0.330. The Morgan fingerprint density at radius 2 is 2.00 bits per heavy atom. The smallest absolute Gasteiger partial charge is 0.223 e. The van der Waals surface area contributed by atoms with Crippen LogP contribution in [0.15, 0.2) is 22.9 Å². The summed E-state index contributed by atoms with van der Waals surface area (Å²) < 4.78 is 15.3. The summed E-state index contributed by atoms with van der Waals surface area (Å²) in [4.78, 5) is 30.9. The Balaban J connectivity index is 2.36. The van der Waals surface area contributed by atoms with E-state index in [-0.39, 0.29) is 24.5 Å². The largest absolute Gasteiger partial charge is 0.392 e. The first-order valence-electron chi connectivity index (χ1n) is 13.5. The van der Waals surface area contributed by atoms with Crippen molar-refractivity contribution in [1.82, 2.24) is 10.3 Å². The minimum Gasteiger partial charge on any atom is -0.392 e. The predicted molar refractivity (Wildman–Crippen MR) is 148 cm³/mol. The maximum Gasteiger partial charge on any atom is 0.223 e. The average molecular weight is 537 g/mol. The third-order valence-corrected chi connectivity index (χ3v) is 8.36. The Kier molecular flexibility index (Phi) is 12.1. The van der Waals surface area contributed by atoms with Crippen molar-refractivity contribution in [2.24, 2.45) is 17.3 Å². The highest BCUT2D eigenvalue weighted by atomic mass is 32.1. The molecule has 0 aliphatic carbocycles. The van der Waals surface area contributed by atoms with Gasteiger partial charge in [-0.05, 0) is 57.9 Å². The number of halogens is 1. The summed E-state index contributed by atoms with van der Waals surface area (Å²) >= 11 is 1.42. The van der Waals surface area contributed by atoms with Crippen LogP contribution in [0.5, 0.6) is 0 Å². The van der Waals surface area contributed by atoms with Crippen molar-refractivity contribution in [1.29, 1.82) is 0 Å². The lowest BCUT2D eigenvalue weighted by atomic mass is 9.71. The van der Waals surface area contributed by atoms with Gasteiger partial charge in [0.25, 0.3) is 0 Å². The monoisotopic (exact) mass is 536 g/mol. The number of aromatic nitrogens is 1. The Hall–Kier alpha value is -1.90. The summed E-state index contributed by atoms with van der Waals surface area (Å²) in [7, 11) is 0. The molecular weight excluding hydrogens is 491 g/mol. The fourth-order valence-corrected chi connectivity index (χ4v) is 5.40. The van der Waals surface area contributed by atoms with Gasteiger partial charge in [-0.15, -0.1) is 11.3 Å². The second-order valence-electron chi connectivity index (χ2n) is 11.1. The fraction of sp³-hybridized carbons (Fsp3) is 0.690. The molecule has 208 valence electrons. The molecule has 2 rings (SSSR count). The van der Waals surface area contributed by atoms with Gasteiger partial charge < -0.3 is 15.5 Å². The van der Waals surface area contributed by atoms with Gasteiger partial charge in [-0.25, -0.2) is 9.37 Å². The van der Waals surface area contributed by atoms with Crippen molar-refractivity contribution in [2.75, 3.05) is 0 Å². The van der Waals surface area contributed by atoms with Crippen molar-refractivity contribution >= 4 is 29.1 Å². The molecule has 1 aromatic heterocycles. The van der Waals surface area contributed by atoms with Crippen LogP contribution >= 0.6 is 11.3 Å². The van der Waals surface area contributed by atoms with Crippen molar-refractivity contribution in [3.05, 3.63) is 33.6 Å². The van der Waals surface area contributed by atoms with Gasteiger partial charge in [0, 0.05) is 11.3 Å². The topological polar surface area (TPSA) is 99.5 Å². The van der Waals surface area contributed by atoms with Gasteiger partial charge in [0.2, 0.25) is 5.91 Å². The zero-order chi connectivity index (χ0) is 27.8. The third-order valence-electron chi connectivity index (χ3n) is 7.57. The second-order valence-corrected chi connectivity index (χ2v) is 12.2. The van der Waals surface area contributed by atoms with E-state index in [9.17, 15) is 19.8 Å². The molecule has 1 amide bonds. The molecular formula is C29H45FN2O4S. The van der Waals surface area contributed by atoms with E-state index in [4.69, 9.17) is 0 Å². The molecule has 0 radical (unpaired) electrons. The first-order valence-corrected chi connectivity index (χ1v) is 14.4. The van der Waals surface area contributed by atoms with E-state index in [1.165, 1.54) is 17.4 Å². The molecule has 0 saturated carbocycles. The van der Waals surface area contributed by atoms with E-state index in [0.29, 0.717) is 12.1 Å². The highest BCUT2D eigenvalue weighted by Crippen LogP contribution is 2.34. The number of allylic oxidation sites excluding steroid dienone is 1. The number of amides is 1. The predicted octanol–water partition coefficient (Wildman–Crippen LogP) is 5.92. The number of nitrogens with zero attached hydrogens (tertiary/aromatic N) is 1. The molecule has 0 unspecified atom stereocenters. The van der Waals surface area contributed by atoms with Gasteiger partial charge in [0.1, 0.15) is 11.6 Å². The molecule has 8 heteroatoms. The number of aliphatic hydroxyl groups excluding tert-OH is 2. The average Bonchev–Trinajstić information content (AvgIpc) is 3.24. The highest BCUT2D eigenvalue weighted by Gasteiger charge is 2.43. The van der Waals surface area contributed by atoms with E-state index in [2.05, 4.69) is 10.3 Å². The minimum atomic E-state index is -1.27. The van der Waals surface area contributed by atoms with Gasteiger partial charge >= 0.3 is 0 Å². The lowest BCUT2D eigenvalue weighted by Crippen LogP contribution is -2.48. The quantitative estimate of drug-likeness (QED) is 0.406. The van der Waals surface area contributed by atoms with E-state index in [0.717, 1.165) is 42.7 Å². The maximum atomic E-state index is 15.3. The number of rotatable bonds is 5. The van der Waals surface area contributed by atoms with Crippen molar-refractivity contribution < 1.29 is 24.2 Å². The SMILES string of the molecule is CCCC[C@H]1C(=O)C(C)(C)[C@@H](O)CC(=O)N[C@H](/C(F)=C/c2csc(C)n2)C/C=C(/C)CCC[C@H](C)[C@@H]1O. The number of unbranched alkanes of at least 4 members (excludes halogenated alkanes) is 1. The lowest BCUT2D eigenvalue weighted by molar-refractivity contribution is -0.144. The van der Waals surface area contributed by atoms with E-state index >= 15 is 4.39 Å². The Bertz CT molecular complexity index is 971. The summed E-state index contributed by atoms with van der Waals surface area (Å²) in [6.45, 7) is 11.1. The van der Waals surface area contributed by atoms with E-state index in [1.54, 1.807) is 19.2 Å². The van der Waals surface area contributed by atoms with Crippen LogP contribution in [-0.2, 0) is 9.59 Å². The van der Waals surface area contributed by atoms with Gasteiger partial charge in [-0.2, -0.15) is 0 Å². The highest BCUT2D eigenvalue weighted by molar-refractivity contribution is 7.09. The van der Waals surface area contributed by atoms with Crippen molar-refractivity contribution in [3.63, 3.8) is 0 Å². The number of Topliss-reactive ketones (excluding diaryl/α,β-unsaturated/α-hetero) is 1. The zero-order valence-corrected chi connectivity index (χ0v) is 24.0. The van der Waals surface area contributed by atoms with E-state index < -0.39 is 41.3 Å². The van der Waals surface area contributed by atoms with Crippen molar-refractivity contribution in [3.8, 4) is 0 Å². The molecule has 1 aliphatic rings. The first-order chi connectivity index (χ1) is 17.4. The number of hydrogen-bond donors (Lipinski definition) is 3. The van der Waals surface area contributed by atoms with Crippen LogP contribution in [0.4, 0.5) is 4.39 Å².